The molecule has 0 spiro atoms. The summed E-state index contributed by atoms with van der Waals surface area (Å²) in [4.78, 5) is 44.0. The van der Waals surface area contributed by atoms with Crippen LogP contribution in [0, 0.1) is 0 Å². The lowest BCUT2D eigenvalue weighted by atomic mass is 10.1. The Morgan fingerprint density at radius 3 is 2.23 bits per heavy atom. The van der Waals surface area contributed by atoms with Gasteiger partial charge >= 0.3 is 6.09 Å². The first-order chi connectivity index (χ1) is 19.6. The van der Waals surface area contributed by atoms with Gasteiger partial charge in [-0.3, -0.25) is 14.5 Å². The highest BCUT2D eigenvalue weighted by Crippen LogP contribution is 2.27. The number of fused-ring (bicyclic) bond motifs is 1. The molecule has 1 aliphatic rings. The van der Waals surface area contributed by atoms with E-state index in [1.165, 1.54) is 10.5 Å². The summed E-state index contributed by atoms with van der Waals surface area (Å²) in [7, 11) is 0. The number of carbonyl (C=O) groups is 3. The molecule has 0 bridgehead atoms. The van der Waals surface area contributed by atoms with Crippen LogP contribution >= 0.6 is 11.3 Å². The molecule has 3 aromatic carbocycles. The molecule has 7 nitrogen and oxygen atoms in total. The second-order valence-corrected chi connectivity index (χ2v) is 10.8. The number of rotatable bonds is 12. The highest BCUT2D eigenvalue weighted by atomic mass is 32.1. The van der Waals surface area contributed by atoms with Crippen molar-refractivity contribution in [2.24, 2.45) is 0 Å². The summed E-state index contributed by atoms with van der Waals surface area (Å²) in [5, 5.41) is 3.77. The lowest BCUT2D eigenvalue weighted by Gasteiger charge is -2.12. The van der Waals surface area contributed by atoms with E-state index in [1.807, 2.05) is 36.5 Å². The van der Waals surface area contributed by atoms with E-state index in [1.54, 1.807) is 35.6 Å². The minimum absolute atomic E-state index is 0.205. The zero-order chi connectivity index (χ0) is 27.7. The summed E-state index contributed by atoms with van der Waals surface area (Å²) in [6, 6.07) is 25.0. The van der Waals surface area contributed by atoms with Gasteiger partial charge in [-0.15, -0.1) is 11.3 Å². The zero-order valence-corrected chi connectivity index (χ0v) is 23.0. The fourth-order valence-electron chi connectivity index (χ4n) is 4.64. The fourth-order valence-corrected chi connectivity index (χ4v) is 5.60. The van der Waals surface area contributed by atoms with Crippen molar-refractivity contribution in [1.82, 2.24) is 15.2 Å². The summed E-state index contributed by atoms with van der Waals surface area (Å²) in [5.74, 6) is -0.411. The van der Waals surface area contributed by atoms with Gasteiger partial charge in [0.15, 0.2) is 0 Å². The van der Waals surface area contributed by atoms with Gasteiger partial charge in [0.25, 0.3) is 11.8 Å². The zero-order valence-electron chi connectivity index (χ0n) is 22.2. The first-order valence-electron chi connectivity index (χ1n) is 13.5. The van der Waals surface area contributed by atoms with Crippen molar-refractivity contribution in [2.75, 3.05) is 13.1 Å². The van der Waals surface area contributed by atoms with Crippen molar-refractivity contribution in [1.29, 1.82) is 0 Å². The van der Waals surface area contributed by atoms with Gasteiger partial charge in [-0.1, -0.05) is 66.7 Å². The predicted octanol–water partition coefficient (Wildman–Crippen LogP) is 6.29. The van der Waals surface area contributed by atoms with Crippen LogP contribution in [0.4, 0.5) is 4.79 Å². The first kappa shape index (κ1) is 27.3. The second kappa shape index (κ2) is 13.2. The van der Waals surface area contributed by atoms with Crippen molar-refractivity contribution in [2.45, 2.75) is 38.7 Å². The molecule has 0 radical (unpaired) electrons. The molecule has 0 aliphatic carbocycles. The number of ether oxygens (including phenoxy) is 1. The van der Waals surface area contributed by atoms with Crippen LogP contribution in [0.15, 0.2) is 85.1 Å². The summed E-state index contributed by atoms with van der Waals surface area (Å²) in [5.41, 5.74) is 4.27. The lowest BCUT2D eigenvalue weighted by molar-refractivity contribution is 0.0652. The third-order valence-electron chi connectivity index (χ3n) is 6.81. The molecule has 3 amide bonds. The number of alkyl carbamates (subject to hydrolysis) is 1. The van der Waals surface area contributed by atoms with Gasteiger partial charge in [-0.2, -0.15) is 0 Å². The molecule has 0 saturated heterocycles. The lowest BCUT2D eigenvalue weighted by Crippen LogP contribution is -2.30. The smallest absolute Gasteiger partial charge is 0.407 e. The van der Waals surface area contributed by atoms with Crippen molar-refractivity contribution >= 4 is 29.2 Å². The van der Waals surface area contributed by atoms with Crippen LogP contribution in [0.1, 0.15) is 56.0 Å². The summed E-state index contributed by atoms with van der Waals surface area (Å²) < 4.78 is 5.23. The maximum atomic E-state index is 12.5. The summed E-state index contributed by atoms with van der Waals surface area (Å²) in [6.07, 6.45) is 5.73. The molecule has 2 heterocycles. The van der Waals surface area contributed by atoms with Crippen molar-refractivity contribution in [3.63, 3.8) is 0 Å². The van der Waals surface area contributed by atoms with E-state index in [0.717, 1.165) is 46.7 Å². The number of imide groups is 1. The Morgan fingerprint density at radius 2 is 1.50 bits per heavy atom. The third-order valence-corrected chi connectivity index (χ3v) is 7.92. The number of aryl methyl sites for hydroxylation is 2. The molecule has 0 atom stereocenters. The van der Waals surface area contributed by atoms with Crippen LogP contribution in [0.25, 0.3) is 10.6 Å². The molecule has 1 aliphatic heterocycles. The molecule has 5 rings (SSSR count). The SMILES string of the molecule is O=C(NCCCCc1ccc(-c2ncc(CCCN3C(=O)c4ccccc4C3=O)s2)cc1)OCc1ccccc1. The molecule has 0 unspecified atom stereocenters. The van der Waals surface area contributed by atoms with E-state index in [9.17, 15) is 14.4 Å². The maximum absolute atomic E-state index is 12.5. The molecular formula is C32H31N3O4S. The van der Waals surface area contributed by atoms with Gasteiger partial charge in [0.05, 0.1) is 11.1 Å². The summed E-state index contributed by atoms with van der Waals surface area (Å²) in [6.45, 7) is 1.26. The van der Waals surface area contributed by atoms with Crippen LogP contribution in [-0.4, -0.2) is 40.9 Å². The number of benzene rings is 3. The van der Waals surface area contributed by atoms with Gasteiger partial charge in [-0.25, -0.2) is 9.78 Å². The van der Waals surface area contributed by atoms with Crippen LogP contribution in [0.5, 0.6) is 0 Å². The van der Waals surface area contributed by atoms with E-state index in [2.05, 4.69) is 34.6 Å². The Bertz CT molecular complexity index is 1430. The Morgan fingerprint density at radius 1 is 0.800 bits per heavy atom. The fraction of sp³-hybridized carbons (Fsp3) is 0.250. The van der Waals surface area contributed by atoms with Crippen LogP contribution < -0.4 is 5.32 Å². The number of nitrogens with zero attached hydrogens (tertiary/aromatic N) is 2. The molecular weight excluding hydrogens is 522 g/mol. The van der Waals surface area contributed by atoms with Crippen molar-refractivity contribution in [3.05, 3.63) is 112 Å². The molecule has 40 heavy (non-hydrogen) atoms. The first-order valence-corrected chi connectivity index (χ1v) is 14.3. The minimum Gasteiger partial charge on any atom is -0.445 e. The number of aromatic nitrogens is 1. The number of hydrogen-bond acceptors (Lipinski definition) is 6. The normalized spacial score (nSPS) is 12.4. The van der Waals surface area contributed by atoms with Crippen LogP contribution in [-0.2, 0) is 24.2 Å². The standard InChI is InChI=1S/C32H31N3O4S/c36-30-27-13-4-5-14-28(27)31(37)35(30)20-8-12-26-21-34-29(40-26)25-17-15-23(16-18-25)9-6-7-19-33-32(38)39-22-24-10-2-1-3-11-24/h1-5,10-11,13-18,21H,6-9,12,19-20,22H2,(H,33,38). The topological polar surface area (TPSA) is 88.6 Å². The van der Waals surface area contributed by atoms with Crippen LogP contribution in [0.2, 0.25) is 0 Å². The maximum Gasteiger partial charge on any atom is 0.407 e. The van der Waals surface area contributed by atoms with E-state index in [4.69, 9.17) is 4.74 Å². The number of nitrogens with one attached hydrogen (secondary N) is 1. The van der Waals surface area contributed by atoms with Crippen molar-refractivity contribution in [3.8, 4) is 10.6 Å². The molecule has 204 valence electrons. The monoisotopic (exact) mass is 553 g/mol. The highest BCUT2D eigenvalue weighted by Gasteiger charge is 2.34. The minimum atomic E-state index is -0.389. The molecule has 1 N–H and O–H groups in total. The van der Waals surface area contributed by atoms with E-state index >= 15 is 0 Å². The number of amides is 3. The molecule has 1 aromatic heterocycles. The van der Waals surface area contributed by atoms with Crippen molar-refractivity contribution < 1.29 is 19.1 Å². The molecule has 8 heteroatoms. The van der Waals surface area contributed by atoms with Gasteiger partial charge in [0.1, 0.15) is 11.6 Å². The Labute approximate surface area is 237 Å². The Hall–Kier alpha value is -4.30. The second-order valence-electron chi connectivity index (χ2n) is 9.69. The molecule has 0 fully saturated rings. The largest absolute Gasteiger partial charge is 0.445 e. The molecule has 0 saturated carbocycles. The average molecular weight is 554 g/mol. The van der Waals surface area contributed by atoms with E-state index in [-0.39, 0.29) is 24.5 Å². The van der Waals surface area contributed by atoms with E-state index in [0.29, 0.717) is 30.6 Å². The Balaban J connectivity index is 1.00. The van der Waals surface area contributed by atoms with Gasteiger partial charge in [0.2, 0.25) is 0 Å². The third kappa shape index (κ3) is 6.82. The molecule has 4 aromatic rings. The van der Waals surface area contributed by atoms with Crippen LogP contribution in [0.3, 0.4) is 0 Å². The quantitative estimate of drug-likeness (QED) is 0.165. The number of carbonyl (C=O) groups excluding carboxylic acids is 3. The summed E-state index contributed by atoms with van der Waals surface area (Å²) >= 11 is 1.64. The number of thiazole rings is 1. The number of unbranched alkanes of at least 4 members (excludes halogenated alkanes) is 1. The highest BCUT2D eigenvalue weighted by molar-refractivity contribution is 7.15. The average Bonchev–Trinajstić information content (AvgIpc) is 3.56. The Kier molecular flexibility index (Phi) is 8.98. The predicted molar refractivity (Wildman–Crippen MR) is 155 cm³/mol. The van der Waals surface area contributed by atoms with Gasteiger partial charge in [-0.05, 0) is 55.4 Å². The number of hydrogen-bond donors (Lipinski definition) is 1. The van der Waals surface area contributed by atoms with Gasteiger partial charge in [0, 0.05) is 29.7 Å². The van der Waals surface area contributed by atoms with E-state index < -0.39 is 0 Å². The van der Waals surface area contributed by atoms with Gasteiger partial charge < -0.3 is 10.1 Å².